The summed E-state index contributed by atoms with van der Waals surface area (Å²) in [6.07, 6.45) is 63.4. The molecular formula is C63H117NO8. The highest BCUT2D eigenvalue weighted by Crippen LogP contribution is 2.17. The molecule has 0 heterocycles. The Kier molecular flexibility index (Phi) is 52.9. The Labute approximate surface area is 445 Å². The van der Waals surface area contributed by atoms with E-state index in [2.05, 4.69) is 50.3 Å². The number of carbonyl (C=O) groups excluding carboxylic acids is 3. The molecule has 0 aliphatic rings. The number of hydrogen-bond acceptors (Lipinski definition) is 8. The average molecular weight is 1020 g/mol. The lowest BCUT2D eigenvalue weighted by atomic mass is 10.0. The Morgan fingerprint density at radius 2 is 0.750 bits per heavy atom. The minimum atomic E-state index is -1.62. The lowest BCUT2D eigenvalue weighted by Gasteiger charge is -2.26. The molecule has 0 aliphatic carbocycles. The first-order valence-corrected chi connectivity index (χ1v) is 30.6. The van der Waals surface area contributed by atoms with Crippen LogP contribution in [0, 0.1) is 0 Å². The summed E-state index contributed by atoms with van der Waals surface area (Å²) in [5.41, 5.74) is 0. The van der Waals surface area contributed by atoms with Gasteiger partial charge in [0.1, 0.15) is 13.2 Å². The monoisotopic (exact) mass is 1020 g/mol. The summed E-state index contributed by atoms with van der Waals surface area (Å²) in [6.45, 7) is 4.77. The quantitative estimate of drug-likeness (QED) is 0.0195. The van der Waals surface area contributed by atoms with Gasteiger partial charge in [-0.25, -0.2) is 0 Å². The molecule has 422 valence electrons. The van der Waals surface area contributed by atoms with Crippen molar-refractivity contribution in [3.8, 4) is 0 Å². The zero-order chi connectivity index (χ0) is 52.7. The number of carboxylic acid groups (broad SMARTS) is 1. The molecule has 0 saturated carbocycles. The topological polar surface area (TPSA) is 111 Å². The number of ether oxygens (including phenoxy) is 4. The Morgan fingerprint density at radius 1 is 0.417 bits per heavy atom. The molecule has 2 atom stereocenters. The summed E-state index contributed by atoms with van der Waals surface area (Å²) in [5, 5.41) is 11.8. The number of nitrogens with zero attached hydrogens (tertiary/aromatic N) is 1. The smallest absolute Gasteiger partial charge is 0.306 e. The molecule has 9 heteroatoms. The lowest BCUT2D eigenvalue weighted by molar-refractivity contribution is -0.870. The van der Waals surface area contributed by atoms with Gasteiger partial charge in [0, 0.05) is 12.8 Å². The van der Waals surface area contributed by atoms with E-state index in [1.54, 1.807) is 0 Å². The third kappa shape index (κ3) is 55.3. The van der Waals surface area contributed by atoms with Gasteiger partial charge in [0.2, 0.25) is 0 Å². The molecule has 9 nitrogen and oxygen atoms in total. The van der Waals surface area contributed by atoms with Crippen molar-refractivity contribution in [1.29, 1.82) is 0 Å². The van der Waals surface area contributed by atoms with Crippen LogP contribution >= 0.6 is 0 Å². The molecule has 0 bridgehead atoms. The van der Waals surface area contributed by atoms with E-state index in [9.17, 15) is 19.5 Å². The first-order chi connectivity index (χ1) is 35.1. The molecule has 2 unspecified atom stereocenters. The summed E-state index contributed by atoms with van der Waals surface area (Å²) in [4.78, 5) is 37.3. The van der Waals surface area contributed by atoms with Crippen LogP contribution in [0.5, 0.6) is 0 Å². The number of allylic oxidation sites excluding steroid dienone is 6. The number of hydrogen-bond donors (Lipinski definition) is 0. The summed E-state index contributed by atoms with van der Waals surface area (Å²) >= 11 is 0. The Morgan fingerprint density at radius 3 is 1.11 bits per heavy atom. The van der Waals surface area contributed by atoms with Crippen LogP contribution in [0.15, 0.2) is 36.5 Å². The minimum absolute atomic E-state index is 0.147. The molecule has 0 fully saturated rings. The maximum absolute atomic E-state index is 12.9. The minimum Gasteiger partial charge on any atom is -0.545 e. The predicted octanol–water partition coefficient (Wildman–Crippen LogP) is 16.7. The van der Waals surface area contributed by atoms with E-state index in [1.807, 2.05) is 21.1 Å². The van der Waals surface area contributed by atoms with Crippen molar-refractivity contribution in [3.63, 3.8) is 0 Å². The molecule has 0 spiro atoms. The van der Waals surface area contributed by atoms with Gasteiger partial charge < -0.3 is 33.3 Å². The first-order valence-electron chi connectivity index (χ1n) is 30.6. The normalized spacial score (nSPS) is 13.0. The Hall–Kier alpha value is -2.49. The highest BCUT2D eigenvalue weighted by atomic mass is 16.7. The van der Waals surface area contributed by atoms with E-state index < -0.39 is 24.3 Å². The number of esters is 2. The van der Waals surface area contributed by atoms with Crippen molar-refractivity contribution >= 4 is 17.9 Å². The number of carboxylic acids is 1. The van der Waals surface area contributed by atoms with Gasteiger partial charge in [-0.2, -0.15) is 0 Å². The summed E-state index contributed by atoms with van der Waals surface area (Å²) < 4.78 is 22.7. The van der Waals surface area contributed by atoms with Crippen molar-refractivity contribution in [1.82, 2.24) is 0 Å². The van der Waals surface area contributed by atoms with Crippen molar-refractivity contribution in [3.05, 3.63) is 36.5 Å². The highest BCUT2D eigenvalue weighted by Gasteiger charge is 2.22. The van der Waals surface area contributed by atoms with Crippen LogP contribution < -0.4 is 5.11 Å². The van der Waals surface area contributed by atoms with Gasteiger partial charge >= 0.3 is 11.9 Å². The van der Waals surface area contributed by atoms with Crippen LogP contribution in [0.25, 0.3) is 0 Å². The van der Waals surface area contributed by atoms with Crippen LogP contribution in [-0.4, -0.2) is 82.3 Å². The van der Waals surface area contributed by atoms with Crippen molar-refractivity contribution in [2.75, 3.05) is 47.5 Å². The number of unbranched alkanes of at least 4 members (excludes halogenated alkanes) is 36. The summed E-state index contributed by atoms with van der Waals surface area (Å²) in [5.74, 6) is -2.27. The average Bonchev–Trinajstić information content (AvgIpc) is 3.35. The van der Waals surface area contributed by atoms with E-state index >= 15 is 0 Å². The van der Waals surface area contributed by atoms with Gasteiger partial charge in [0.15, 0.2) is 12.4 Å². The first kappa shape index (κ1) is 69.5. The van der Waals surface area contributed by atoms with E-state index in [0.29, 0.717) is 23.9 Å². The fourth-order valence-corrected chi connectivity index (χ4v) is 8.90. The van der Waals surface area contributed by atoms with Crippen molar-refractivity contribution in [2.45, 2.75) is 302 Å². The molecule has 0 amide bonds. The van der Waals surface area contributed by atoms with Crippen LogP contribution in [0.4, 0.5) is 0 Å². The predicted molar refractivity (Wildman–Crippen MR) is 302 cm³/mol. The lowest BCUT2D eigenvalue weighted by Crippen LogP contribution is -2.44. The van der Waals surface area contributed by atoms with Gasteiger partial charge in [-0.3, -0.25) is 9.59 Å². The molecule has 0 aromatic rings. The van der Waals surface area contributed by atoms with Gasteiger partial charge in [-0.05, 0) is 51.4 Å². The van der Waals surface area contributed by atoms with Gasteiger partial charge in [-0.1, -0.05) is 262 Å². The third-order valence-corrected chi connectivity index (χ3v) is 13.6. The van der Waals surface area contributed by atoms with E-state index in [4.69, 9.17) is 18.9 Å². The third-order valence-electron chi connectivity index (χ3n) is 13.6. The second-order valence-corrected chi connectivity index (χ2v) is 22.0. The fraction of sp³-hybridized carbons (Fsp3) is 0.857. The van der Waals surface area contributed by atoms with Crippen molar-refractivity contribution in [2.24, 2.45) is 0 Å². The number of quaternary nitrogens is 1. The maximum atomic E-state index is 12.9. The fourth-order valence-electron chi connectivity index (χ4n) is 8.90. The Bertz CT molecular complexity index is 1270. The van der Waals surface area contributed by atoms with Crippen molar-refractivity contribution < 1.29 is 42.9 Å². The molecular weight excluding hydrogens is 899 g/mol. The summed E-state index contributed by atoms with van der Waals surface area (Å²) in [6, 6.07) is 0. The molecule has 0 rings (SSSR count). The van der Waals surface area contributed by atoms with E-state index in [1.165, 1.54) is 199 Å². The zero-order valence-corrected chi connectivity index (χ0v) is 48.1. The van der Waals surface area contributed by atoms with Crippen LogP contribution in [-0.2, 0) is 33.3 Å². The molecule has 0 radical (unpaired) electrons. The van der Waals surface area contributed by atoms with E-state index in [0.717, 1.165) is 57.8 Å². The highest BCUT2D eigenvalue weighted by molar-refractivity contribution is 5.70. The van der Waals surface area contributed by atoms with Gasteiger partial charge in [0.05, 0.1) is 40.3 Å². The SMILES string of the molecule is CCCCCCC/C=C\C/C=C\C/C=C\CCCCCCCCCCC(=O)OC(COC(=O)CCCCCCCCCCCCCCCCCCCCCCCCCC)COC(OCC[N+](C)(C)C)C(=O)[O-]. The second-order valence-electron chi connectivity index (χ2n) is 22.0. The van der Waals surface area contributed by atoms with Crippen LogP contribution in [0.3, 0.4) is 0 Å². The largest absolute Gasteiger partial charge is 0.545 e. The van der Waals surface area contributed by atoms with Crippen LogP contribution in [0.1, 0.15) is 290 Å². The number of rotatable bonds is 57. The molecule has 0 aromatic carbocycles. The standard InChI is InChI=1S/C63H117NO8/c1-6-8-10-12-14-16-18-20-22-24-26-28-30-32-33-35-37-39-41-43-45-47-49-51-53-60(65)70-57-59(58-71-63(62(67)68)69-56-55-64(3,4)5)72-61(66)54-52-50-48-46-44-42-40-38-36-34-31-29-27-25-23-21-19-17-15-13-11-9-7-2/h19,21,25,27,31,34,59,63H,6-18,20,22-24,26,28-30,32-33,35-58H2,1-5H3/b21-19-,27-25-,34-31-. The second kappa shape index (κ2) is 54.8. The van der Waals surface area contributed by atoms with E-state index in [-0.39, 0.29) is 32.2 Å². The molecule has 72 heavy (non-hydrogen) atoms. The summed E-state index contributed by atoms with van der Waals surface area (Å²) in [7, 11) is 5.93. The Balaban J connectivity index is 4.20. The molecule has 0 N–H and O–H groups in total. The molecule has 0 saturated heterocycles. The maximum Gasteiger partial charge on any atom is 0.306 e. The molecule has 0 aromatic heterocycles. The number of likely N-dealkylation sites (N-methyl/N-ethyl adjacent to an activating group) is 1. The number of carbonyl (C=O) groups is 3. The van der Waals surface area contributed by atoms with Gasteiger partial charge in [0.25, 0.3) is 0 Å². The van der Waals surface area contributed by atoms with Gasteiger partial charge in [-0.15, -0.1) is 0 Å². The molecule has 0 aliphatic heterocycles. The van der Waals surface area contributed by atoms with Crippen LogP contribution in [0.2, 0.25) is 0 Å². The number of aliphatic carboxylic acids is 1. The zero-order valence-electron chi connectivity index (χ0n) is 48.1.